The molecule has 2 heteroatoms. The molecule has 0 radical (unpaired) electrons. The molecule has 0 nitrogen and oxygen atoms in total. The van der Waals surface area contributed by atoms with Crippen LogP contribution in [0.5, 0.6) is 0 Å². The highest BCUT2D eigenvalue weighted by Crippen LogP contribution is 2.42. The van der Waals surface area contributed by atoms with Crippen LogP contribution in [0, 0.1) is 11.8 Å². The molecule has 2 rings (SSSR count). The Bertz CT molecular complexity index is 151. The van der Waals surface area contributed by atoms with E-state index in [0.29, 0.717) is 0 Å². The first-order valence-electron chi connectivity index (χ1n) is 6.72. The second-order valence-electron chi connectivity index (χ2n) is 5.37. The summed E-state index contributed by atoms with van der Waals surface area (Å²) in [4.78, 5) is 0. The molecular weight excluding hydrogens is 220 g/mol. The Labute approximate surface area is 104 Å². The summed E-state index contributed by atoms with van der Waals surface area (Å²) in [5.41, 5.74) is 0. The van der Waals surface area contributed by atoms with E-state index in [9.17, 15) is 0 Å². The third-order valence-corrected chi connectivity index (χ3v) is 6.09. The molecule has 2 saturated carbocycles. The molecule has 0 amide bonds. The largest absolute Gasteiger partial charge is 0.111 e. The van der Waals surface area contributed by atoms with E-state index in [0.717, 1.165) is 17.1 Å². The van der Waals surface area contributed by atoms with Crippen LogP contribution >= 0.6 is 22.5 Å². The monoisotopic (exact) mass is 244 g/mol. The Morgan fingerprint density at radius 2 is 1.13 bits per heavy atom. The molecule has 2 aliphatic rings. The molecule has 0 aromatic carbocycles. The van der Waals surface area contributed by atoms with Crippen molar-refractivity contribution in [3.63, 3.8) is 0 Å². The summed E-state index contributed by atoms with van der Waals surface area (Å²) in [5.74, 6) is 1.98. The van der Waals surface area contributed by atoms with Crippen LogP contribution in [0.1, 0.15) is 64.2 Å². The third-order valence-electron chi connectivity index (χ3n) is 4.35. The molecule has 0 aromatic heterocycles. The molecule has 0 N–H and O–H groups in total. The smallest absolute Gasteiger partial charge is 0.0205 e. The van der Waals surface area contributed by atoms with Crippen molar-refractivity contribution in [2.75, 3.05) is 0 Å². The van der Waals surface area contributed by atoms with Crippen molar-refractivity contribution in [2.45, 2.75) is 69.5 Å². The van der Waals surface area contributed by atoms with Gasteiger partial charge in [-0.2, -0.15) is 0 Å². The molecule has 88 valence electrons. The second kappa shape index (κ2) is 6.44. The quantitative estimate of drug-likeness (QED) is 0.533. The van der Waals surface area contributed by atoms with Crippen LogP contribution in [0.4, 0.5) is 0 Å². The summed E-state index contributed by atoms with van der Waals surface area (Å²) < 4.78 is 0. The van der Waals surface area contributed by atoms with E-state index in [1.807, 2.05) is 10.8 Å². The lowest BCUT2D eigenvalue weighted by Gasteiger charge is -2.36. The van der Waals surface area contributed by atoms with Gasteiger partial charge in [0, 0.05) is 5.25 Å². The van der Waals surface area contributed by atoms with Gasteiger partial charge in [-0.15, -0.1) is 11.7 Å². The number of rotatable bonds is 3. The fourth-order valence-electron chi connectivity index (χ4n) is 3.48. The summed E-state index contributed by atoms with van der Waals surface area (Å²) in [6.45, 7) is 0. The highest BCUT2D eigenvalue weighted by Gasteiger charge is 2.30. The van der Waals surface area contributed by atoms with Crippen LogP contribution in [0.2, 0.25) is 0 Å². The molecule has 0 unspecified atom stereocenters. The Morgan fingerprint density at radius 3 is 1.47 bits per heavy atom. The first-order chi connectivity index (χ1) is 7.42. The van der Waals surface area contributed by atoms with E-state index in [4.69, 9.17) is 0 Å². The SMILES string of the molecule is SSC(C1CCCCC1)C1CCCCC1. The summed E-state index contributed by atoms with van der Waals surface area (Å²) in [5, 5.41) is 0.869. The van der Waals surface area contributed by atoms with Crippen LogP contribution in [0.15, 0.2) is 0 Å². The Balaban J connectivity index is 1.88. The van der Waals surface area contributed by atoms with E-state index in [2.05, 4.69) is 11.7 Å². The van der Waals surface area contributed by atoms with E-state index in [1.165, 1.54) is 64.2 Å². The summed E-state index contributed by atoms with van der Waals surface area (Å²) >= 11 is 4.55. The van der Waals surface area contributed by atoms with Gasteiger partial charge in [-0.25, -0.2) is 0 Å². The van der Waals surface area contributed by atoms with Crippen molar-refractivity contribution in [2.24, 2.45) is 11.8 Å². The zero-order chi connectivity index (χ0) is 10.5. The number of thiol groups is 1. The molecule has 2 fully saturated rings. The van der Waals surface area contributed by atoms with Crippen molar-refractivity contribution in [3.05, 3.63) is 0 Å². The standard InChI is InChI=1S/C13H24S2/c14-15-13(11-7-3-1-4-8-11)12-9-5-2-6-10-12/h11-14H,1-10H2. The van der Waals surface area contributed by atoms with Gasteiger partial charge >= 0.3 is 0 Å². The van der Waals surface area contributed by atoms with Crippen molar-refractivity contribution in [3.8, 4) is 0 Å². The maximum absolute atomic E-state index is 4.55. The minimum absolute atomic E-state index is 0.869. The Kier molecular flexibility index (Phi) is 5.22. The lowest BCUT2D eigenvalue weighted by molar-refractivity contribution is 0.256. The molecule has 0 atom stereocenters. The Hall–Kier alpha value is 0.700. The normalized spacial score (nSPS) is 26.0. The zero-order valence-corrected chi connectivity index (χ0v) is 11.4. The maximum atomic E-state index is 4.55. The molecule has 0 bridgehead atoms. The van der Waals surface area contributed by atoms with Crippen LogP contribution < -0.4 is 0 Å². The first-order valence-corrected chi connectivity index (χ1v) is 8.65. The van der Waals surface area contributed by atoms with E-state index < -0.39 is 0 Å². The molecule has 0 aliphatic heterocycles. The van der Waals surface area contributed by atoms with E-state index in [-0.39, 0.29) is 0 Å². The minimum atomic E-state index is 0.869. The molecule has 2 aliphatic carbocycles. The fraction of sp³-hybridized carbons (Fsp3) is 1.00. The van der Waals surface area contributed by atoms with Crippen LogP contribution in [-0.2, 0) is 0 Å². The Morgan fingerprint density at radius 1 is 0.733 bits per heavy atom. The molecule has 0 saturated heterocycles. The first kappa shape index (κ1) is 12.2. The van der Waals surface area contributed by atoms with Crippen LogP contribution in [0.25, 0.3) is 0 Å². The average molecular weight is 244 g/mol. The van der Waals surface area contributed by atoms with Crippen LogP contribution in [0.3, 0.4) is 0 Å². The molecule has 15 heavy (non-hydrogen) atoms. The van der Waals surface area contributed by atoms with Gasteiger partial charge in [0.15, 0.2) is 0 Å². The van der Waals surface area contributed by atoms with E-state index in [1.54, 1.807) is 0 Å². The highest BCUT2D eigenvalue weighted by atomic mass is 33.1. The van der Waals surface area contributed by atoms with Gasteiger partial charge in [0.05, 0.1) is 0 Å². The highest BCUT2D eigenvalue weighted by molar-refractivity contribution is 8.68. The maximum Gasteiger partial charge on any atom is 0.0205 e. The van der Waals surface area contributed by atoms with Crippen molar-refractivity contribution >= 4 is 22.5 Å². The van der Waals surface area contributed by atoms with Crippen molar-refractivity contribution < 1.29 is 0 Å². The van der Waals surface area contributed by atoms with E-state index >= 15 is 0 Å². The third kappa shape index (κ3) is 3.33. The zero-order valence-electron chi connectivity index (χ0n) is 9.66. The van der Waals surface area contributed by atoms with Gasteiger partial charge in [-0.1, -0.05) is 49.3 Å². The average Bonchev–Trinajstić information content (AvgIpc) is 2.33. The number of hydrogen-bond donors (Lipinski definition) is 1. The van der Waals surface area contributed by atoms with Crippen LogP contribution in [-0.4, -0.2) is 5.25 Å². The fourth-order valence-corrected chi connectivity index (χ4v) is 5.40. The predicted octanol–water partition coefficient (Wildman–Crippen LogP) is 5.09. The second-order valence-corrected chi connectivity index (χ2v) is 6.75. The number of hydrogen-bond acceptors (Lipinski definition) is 2. The molecular formula is C13H24S2. The lowest BCUT2D eigenvalue weighted by atomic mass is 9.77. The lowest BCUT2D eigenvalue weighted by Crippen LogP contribution is -2.28. The predicted molar refractivity (Wildman–Crippen MR) is 73.5 cm³/mol. The van der Waals surface area contributed by atoms with Gasteiger partial charge < -0.3 is 0 Å². The summed E-state index contributed by atoms with van der Waals surface area (Å²) in [7, 11) is 1.88. The van der Waals surface area contributed by atoms with Crippen molar-refractivity contribution in [1.82, 2.24) is 0 Å². The van der Waals surface area contributed by atoms with Gasteiger partial charge in [0.2, 0.25) is 0 Å². The molecule has 0 spiro atoms. The van der Waals surface area contributed by atoms with Crippen molar-refractivity contribution in [1.29, 1.82) is 0 Å². The summed E-state index contributed by atoms with van der Waals surface area (Å²) in [6, 6.07) is 0. The minimum Gasteiger partial charge on any atom is -0.111 e. The topological polar surface area (TPSA) is 0 Å². The molecule has 0 aromatic rings. The molecule has 0 heterocycles. The summed E-state index contributed by atoms with van der Waals surface area (Å²) in [6.07, 6.45) is 14.8. The van der Waals surface area contributed by atoms with Gasteiger partial charge in [-0.3, -0.25) is 0 Å². The van der Waals surface area contributed by atoms with Gasteiger partial charge in [-0.05, 0) is 37.5 Å². The van der Waals surface area contributed by atoms with Gasteiger partial charge in [0.1, 0.15) is 0 Å². The van der Waals surface area contributed by atoms with Gasteiger partial charge in [0.25, 0.3) is 0 Å².